The zero-order valence-corrected chi connectivity index (χ0v) is 13.8. The van der Waals surface area contributed by atoms with Crippen LogP contribution in [-0.4, -0.2) is 74.7 Å². The summed E-state index contributed by atoms with van der Waals surface area (Å²) in [6, 6.07) is -0.202. The summed E-state index contributed by atoms with van der Waals surface area (Å²) in [6.45, 7) is 3.82. The fraction of sp³-hybridized carbons (Fsp3) is 0.846. The van der Waals surface area contributed by atoms with E-state index in [2.05, 4.69) is 5.32 Å². The highest BCUT2D eigenvalue weighted by atomic mass is 32.2. The Morgan fingerprint density at radius 1 is 1.45 bits per heavy atom. The number of nitrogens with zero attached hydrogens (tertiary/aromatic N) is 2. The Labute approximate surface area is 130 Å². The monoisotopic (exact) mass is 333 g/mol. The fourth-order valence-electron chi connectivity index (χ4n) is 2.79. The number of amides is 2. The topological polar surface area (TPSA) is 96.0 Å². The van der Waals surface area contributed by atoms with E-state index in [-0.39, 0.29) is 30.5 Å². The second-order valence-electron chi connectivity index (χ2n) is 5.93. The van der Waals surface area contributed by atoms with Crippen LogP contribution < -0.4 is 5.32 Å². The van der Waals surface area contributed by atoms with Crippen molar-refractivity contribution in [3.05, 3.63) is 0 Å². The Morgan fingerprint density at radius 2 is 2.18 bits per heavy atom. The average Bonchev–Trinajstić information content (AvgIpc) is 2.83. The van der Waals surface area contributed by atoms with Crippen LogP contribution in [0.25, 0.3) is 0 Å². The summed E-state index contributed by atoms with van der Waals surface area (Å²) in [4.78, 5) is 25.2. The van der Waals surface area contributed by atoms with Crippen molar-refractivity contribution >= 4 is 22.0 Å². The Hall–Kier alpha value is -1.35. The highest BCUT2D eigenvalue weighted by molar-refractivity contribution is 7.88. The molecule has 1 N–H and O–H groups in total. The minimum absolute atomic E-state index is 0.159. The van der Waals surface area contributed by atoms with Gasteiger partial charge in [-0.25, -0.2) is 17.5 Å². The van der Waals surface area contributed by atoms with E-state index in [1.54, 1.807) is 4.90 Å². The lowest BCUT2D eigenvalue weighted by Gasteiger charge is -2.31. The van der Waals surface area contributed by atoms with Crippen LogP contribution in [-0.2, 0) is 19.6 Å². The summed E-state index contributed by atoms with van der Waals surface area (Å²) in [6.07, 6.45) is 2.16. The molecule has 0 spiro atoms. The third-order valence-corrected chi connectivity index (χ3v) is 5.22. The van der Waals surface area contributed by atoms with Gasteiger partial charge in [-0.15, -0.1) is 0 Å². The number of ether oxygens (including phenoxy) is 1. The van der Waals surface area contributed by atoms with Crippen molar-refractivity contribution in [3.8, 4) is 0 Å². The van der Waals surface area contributed by atoms with E-state index in [0.29, 0.717) is 39.1 Å². The molecule has 0 bridgehead atoms. The molecule has 22 heavy (non-hydrogen) atoms. The number of rotatable bonds is 5. The van der Waals surface area contributed by atoms with Gasteiger partial charge in [-0.1, -0.05) is 0 Å². The Balaban J connectivity index is 1.84. The van der Waals surface area contributed by atoms with E-state index in [1.807, 2.05) is 6.92 Å². The number of nitrogens with one attached hydrogen (secondary N) is 1. The summed E-state index contributed by atoms with van der Waals surface area (Å²) in [5, 5.41) is 2.86. The molecule has 2 amide bonds. The molecule has 2 atom stereocenters. The first-order valence-electron chi connectivity index (χ1n) is 7.44. The third-order valence-electron chi connectivity index (χ3n) is 3.95. The first kappa shape index (κ1) is 17.0. The first-order chi connectivity index (χ1) is 10.3. The second kappa shape index (κ2) is 6.82. The molecule has 0 aromatic heterocycles. The highest BCUT2D eigenvalue weighted by Gasteiger charge is 2.31. The fourth-order valence-corrected chi connectivity index (χ4v) is 3.70. The van der Waals surface area contributed by atoms with Gasteiger partial charge in [0.05, 0.1) is 18.7 Å². The number of carbonyl (C=O) groups is 2. The summed E-state index contributed by atoms with van der Waals surface area (Å²) < 4.78 is 29.3. The average molecular weight is 333 g/mol. The van der Waals surface area contributed by atoms with Gasteiger partial charge in [0.15, 0.2) is 0 Å². The van der Waals surface area contributed by atoms with Crippen molar-refractivity contribution in [1.82, 2.24) is 14.5 Å². The van der Waals surface area contributed by atoms with Gasteiger partial charge in [0.2, 0.25) is 15.9 Å². The lowest BCUT2D eigenvalue weighted by Crippen LogP contribution is -2.49. The second-order valence-corrected chi connectivity index (χ2v) is 7.91. The number of sulfonamides is 1. The maximum atomic E-state index is 12.3. The molecule has 0 aliphatic carbocycles. The maximum absolute atomic E-state index is 12.3. The molecular weight excluding hydrogens is 310 g/mol. The van der Waals surface area contributed by atoms with E-state index in [9.17, 15) is 18.0 Å². The van der Waals surface area contributed by atoms with Gasteiger partial charge < -0.3 is 15.0 Å². The Kier molecular flexibility index (Phi) is 5.28. The number of carbonyl (C=O) groups excluding carboxylic acids is 2. The summed E-state index contributed by atoms with van der Waals surface area (Å²) in [5.74, 6) is -0.495. The van der Waals surface area contributed by atoms with E-state index in [4.69, 9.17) is 4.74 Å². The smallest absolute Gasteiger partial charge is 0.410 e. The van der Waals surface area contributed by atoms with Crippen LogP contribution >= 0.6 is 0 Å². The van der Waals surface area contributed by atoms with Gasteiger partial charge >= 0.3 is 6.09 Å². The standard InChI is InChI=1S/C13H23N3O5S/c1-10(8-15-6-7-21-13(15)18)14-12(17)11-4-3-5-16(9-11)22(2,19)20/h10-11H,3-9H2,1-2H3,(H,14,17)/t10-,11-/m1/s1. The maximum Gasteiger partial charge on any atom is 0.410 e. The molecule has 2 fully saturated rings. The largest absolute Gasteiger partial charge is 0.448 e. The predicted octanol–water partition coefficient (Wildman–Crippen LogP) is -0.385. The molecule has 2 aliphatic rings. The van der Waals surface area contributed by atoms with E-state index >= 15 is 0 Å². The van der Waals surface area contributed by atoms with Gasteiger partial charge in [-0.05, 0) is 19.8 Å². The van der Waals surface area contributed by atoms with E-state index < -0.39 is 10.0 Å². The molecule has 0 aromatic carbocycles. The van der Waals surface area contributed by atoms with Crippen molar-refractivity contribution in [2.45, 2.75) is 25.8 Å². The molecule has 2 heterocycles. The van der Waals surface area contributed by atoms with Crippen LogP contribution in [0.3, 0.4) is 0 Å². The van der Waals surface area contributed by atoms with Gasteiger partial charge in [0.25, 0.3) is 0 Å². The molecule has 2 aliphatic heterocycles. The minimum atomic E-state index is -3.26. The summed E-state index contributed by atoms with van der Waals surface area (Å²) in [7, 11) is -3.26. The molecule has 2 rings (SSSR count). The van der Waals surface area contributed by atoms with E-state index in [0.717, 1.165) is 6.26 Å². The number of hydrogen-bond acceptors (Lipinski definition) is 5. The van der Waals surface area contributed by atoms with Crippen LogP contribution in [0, 0.1) is 5.92 Å². The predicted molar refractivity (Wildman–Crippen MR) is 79.7 cm³/mol. The molecule has 0 unspecified atom stereocenters. The summed E-state index contributed by atoms with van der Waals surface area (Å²) >= 11 is 0. The third kappa shape index (κ3) is 4.33. The van der Waals surface area contributed by atoms with Crippen molar-refractivity contribution in [3.63, 3.8) is 0 Å². The molecule has 126 valence electrons. The highest BCUT2D eigenvalue weighted by Crippen LogP contribution is 2.19. The van der Waals surface area contributed by atoms with Crippen LogP contribution in [0.4, 0.5) is 4.79 Å². The van der Waals surface area contributed by atoms with E-state index in [1.165, 1.54) is 4.31 Å². The van der Waals surface area contributed by atoms with Crippen LogP contribution in [0.15, 0.2) is 0 Å². The SMILES string of the molecule is C[C@H](CN1CCOC1=O)NC(=O)[C@@H]1CCCN(S(C)(=O)=O)C1. The molecule has 2 saturated heterocycles. The summed E-state index contributed by atoms with van der Waals surface area (Å²) in [5.41, 5.74) is 0. The molecule has 0 aromatic rings. The number of hydrogen-bond donors (Lipinski definition) is 1. The lowest BCUT2D eigenvalue weighted by atomic mass is 9.98. The molecule has 0 radical (unpaired) electrons. The van der Waals surface area contributed by atoms with Gasteiger partial charge in [-0.3, -0.25) is 4.79 Å². The molecular formula is C13H23N3O5S. The zero-order valence-electron chi connectivity index (χ0n) is 12.9. The molecule has 0 saturated carbocycles. The van der Waals surface area contributed by atoms with Crippen molar-refractivity contribution in [2.75, 3.05) is 39.0 Å². The quantitative estimate of drug-likeness (QED) is 0.739. The van der Waals surface area contributed by atoms with Gasteiger partial charge in [-0.2, -0.15) is 0 Å². The first-order valence-corrected chi connectivity index (χ1v) is 9.29. The zero-order chi connectivity index (χ0) is 16.3. The van der Waals surface area contributed by atoms with Crippen LogP contribution in [0.1, 0.15) is 19.8 Å². The normalized spacial score (nSPS) is 24.9. The van der Waals surface area contributed by atoms with Crippen molar-refractivity contribution < 1.29 is 22.7 Å². The lowest BCUT2D eigenvalue weighted by molar-refractivity contribution is -0.126. The number of cyclic esters (lactones) is 1. The van der Waals surface area contributed by atoms with Gasteiger partial charge in [0.1, 0.15) is 6.61 Å². The van der Waals surface area contributed by atoms with Crippen molar-refractivity contribution in [1.29, 1.82) is 0 Å². The Bertz CT molecular complexity index is 536. The molecule has 8 nitrogen and oxygen atoms in total. The number of piperidine rings is 1. The van der Waals surface area contributed by atoms with Gasteiger partial charge in [0, 0.05) is 25.7 Å². The van der Waals surface area contributed by atoms with Crippen LogP contribution in [0.2, 0.25) is 0 Å². The van der Waals surface area contributed by atoms with Crippen LogP contribution in [0.5, 0.6) is 0 Å². The minimum Gasteiger partial charge on any atom is -0.448 e. The molecule has 9 heteroatoms. The van der Waals surface area contributed by atoms with Crippen molar-refractivity contribution in [2.24, 2.45) is 5.92 Å². The Morgan fingerprint density at radius 3 is 2.77 bits per heavy atom.